The molecule has 2 aromatic heterocycles. The number of benzene rings is 1. The maximum absolute atomic E-state index is 12.8. The highest BCUT2D eigenvalue weighted by atomic mass is 32.2. The Kier molecular flexibility index (Phi) is 6.54. The minimum absolute atomic E-state index is 0.117. The van der Waals surface area contributed by atoms with E-state index in [1.807, 2.05) is 65.8 Å². The van der Waals surface area contributed by atoms with Crippen LogP contribution in [-0.4, -0.2) is 51.9 Å². The lowest BCUT2D eigenvalue weighted by Crippen LogP contribution is -2.48. The Labute approximate surface area is 175 Å². The maximum atomic E-state index is 12.8. The van der Waals surface area contributed by atoms with Crippen LogP contribution in [0.2, 0.25) is 0 Å². The standard InChI is InChI=1S/C23H24N4OS/c28-23(27-14-12-26(13-15-27)17-21-5-1-2-11-25-21)20-6-8-22(9-7-20)29-18-19-4-3-10-24-16-19/h1-11,16H,12-15,17-18H2. The van der Waals surface area contributed by atoms with Gasteiger partial charge in [-0.2, -0.15) is 0 Å². The molecule has 29 heavy (non-hydrogen) atoms. The first-order valence-electron chi connectivity index (χ1n) is 9.81. The Morgan fingerprint density at radius 3 is 2.45 bits per heavy atom. The van der Waals surface area contributed by atoms with E-state index < -0.39 is 0 Å². The van der Waals surface area contributed by atoms with E-state index in [4.69, 9.17) is 0 Å². The van der Waals surface area contributed by atoms with Crippen molar-refractivity contribution in [3.63, 3.8) is 0 Å². The molecule has 0 spiro atoms. The minimum atomic E-state index is 0.117. The quantitative estimate of drug-likeness (QED) is 0.586. The van der Waals surface area contributed by atoms with Crippen LogP contribution < -0.4 is 0 Å². The SMILES string of the molecule is O=C(c1ccc(SCc2cccnc2)cc1)N1CCN(Cc2ccccn2)CC1. The number of aromatic nitrogens is 2. The fourth-order valence-electron chi connectivity index (χ4n) is 3.36. The van der Waals surface area contributed by atoms with Crippen molar-refractivity contribution in [3.8, 4) is 0 Å². The Hall–Kier alpha value is -2.70. The normalized spacial score (nSPS) is 14.7. The molecule has 1 aliphatic heterocycles. The average Bonchev–Trinajstić information content (AvgIpc) is 2.79. The van der Waals surface area contributed by atoms with Gasteiger partial charge in [-0.15, -0.1) is 11.8 Å². The zero-order valence-corrected chi connectivity index (χ0v) is 17.1. The first-order chi connectivity index (χ1) is 14.3. The van der Waals surface area contributed by atoms with Crippen LogP contribution in [-0.2, 0) is 12.3 Å². The number of piperazine rings is 1. The third-order valence-electron chi connectivity index (χ3n) is 5.00. The number of carbonyl (C=O) groups excluding carboxylic acids is 1. The molecule has 148 valence electrons. The lowest BCUT2D eigenvalue weighted by molar-refractivity contribution is 0.0627. The summed E-state index contributed by atoms with van der Waals surface area (Å²) in [4.78, 5) is 26.8. The van der Waals surface area contributed by atoms with Gasteiger partial charge in [0.15, 0.2) is 0 Å². The van der Waals surface area contributed by atoms with Gasteiger partial charge in [0.05, 0.1) is 5.69 Å². The van der Waals surface area contributed by atoms with Crippen molar-refractivity contribution in [1.82, 2.24) is 19.8 Å². The fraction of sp³-hybridized carbons (Fsp3) is 0.261. The number of pyridine rings is 2. The molecule has 6 heteroatoms. The van der Waals surface area contributed by atoms with E-state index in [-0.39, 0.29) is 5.91 Å². The molecule has 1 aliphatic rings. The van der Waals surface area contributed by atoms with E-state index in [2.05, 4.69) is 20.9 Å². The number of nitrogens with zero attached hydrogens (tertiary/aromatic N) is 4. The van der Waals surface area contributed by atoms with Crippen molar-refractivity contribution in [3.05, 3.63) is 90.0 Å². The van der Waals surface area contributed by atoms with Gasteiger partial charge in [-0.25, -0.2) is 0 Å². The van der Waals surface area contributed by atoms with Crippen molar-refractivity contribution >= 4 is 17.7 Å². The molecule has 1 aromatic carbocycles. The van der Waals surface area contributed by atoms with E-state index >= 15 is 0 Å². The van der Waals surface area contributed by atoms with Crippen molar-refractivity contribution in [2.24, 2.45) is 0 Å². The molecule has 0 N–H and O–H groups in total. The van der Waals surface area contributed by atoms with Crippen molar-refractivity contribution in [1.29, 1.82) is 0 Å². The Bertz CT molecular complexity index is 911. The first-order valence-corrected chi connectivity index (χ1v) is 10.8. The smallest absolute Gasteiger partial charge is 0.253 e. The molecule has 3 heterocycles. The summed E-state index contributed by atoms with van der Waals surface area (Å²) in [6.07, 6.45) is 5.50. The summed E-state index contributed by atoms with van der Waals surface area (Å²) < 4.78 is 0. The highest BCUT2D eigenvalue weighted by molar-refractivity contribution is 7.98. The van der Waals surface area contributed by atoms with Gasteiger partial charge in [0, 0.05) is 67.5 Å². The molecule has 0 saturated carbocycles. The summed E-state index contributed by atoms with van der Waals surface area (Å²) in [5.41, 5.74) is 3.03. The van der Waals surface area contributed by atoms with E-state index in [1.54, 1.807) is 18.0 Å². The van der Waals surface area contributed by atoms with E-state index in [0.717, 1.165) is 54.6 Å². The Morgan fingerprint density at radius 1 is 0.931 bits per heavy atom. The molecule has 3 aromatic rings. The number of thioether (sulfide) groups is 1. The van der Waals surface area contributed by atoms with Crippen molar-refractivity contribution in [2.45, 2.75) is 17.2 Å². The molecule has 5 nitrogen and oxygen atoms in total. The molecule has 1 amide bonds. The average molecular weight is 405 g/mol. The summed E-state index contributed by atoms with van der Waals surface area (Å²) in [5, 5.41) is 0. The lowest BCUT2D eigenvalue weighted by atomic mass is 10.2. The van der Waals surface area contributed by atoms with Gasteiger partial charge in [0.25, 0.3) is 5.91 Å². The van der Waals surface area contributed by atoms with Crippen molar-refractivity contribution < 1.29 is 4.79 Å². The van der Waals surface area contributed by atoms with Gasteiger partial charge in [-0.1, -0.05) is 12.1 Å². The zero-order valence-electron chi connectivity index (χ0n) is 16.3. The van der Waals surface area contributed by atoms with E-state index in [9.17, 15) is 4.79 Å². The molecule has 0 aliphatic carbocycles. The summed E-state index contributed by atoms with van der Waals surface area (Å²) in [7, 11) is 0. The largest absolute Gasteiger partial charge is 0.336 e. The summed E-state index contributed by atoms with van der Waals surface area (Å²) in [5.74, 6) is 0.991. The molecule has 0 atom stereocenters. The van der Waals surface area contributed by atoms with Crippen LogP contribution in [0.1, 0.15) is 21.6 Å². The van der Waals surface area contributed by atoms with Crippen LogP contribution >= 0.6 is 11.8 Å². The zero-order chi connectivity index (χ0) is 19.9. The van der Waals surface area contributed by atoms with Gasteiger partial charge in [0.2, 0.25) is 0 Å². The molecule has 1 fully saturated rings. The molecule has 0 bridgehead atoms. The highest BCUT2D eigenvalue weighted by Crippen LogP contribution is 2.23. The number of hydrogen-bond donors (Lipinski definition) is 0. The predicted octanol–water partition coefficient (Wildman–Crippen LogP) is 3.73. The second-order valence-corrected chi connectivity index (χ2v) is 8.11. The molecule has 0 unspecified atom stereocenters. The number of carbonyl (C=O) groups is 1. The Balaban J connectivity index is 1.27. The summed E-state index contributed by atoms with van der Waals surface area (Å²) in [6, 6.07) is 18.0. The van der Waals surface area contributed by atoms with Gasteiger partial charge < -0.3 is 4.90 Å². The van der Waals surface area contributed by atoms with Crippen LogP contribution in [0.3, 0.4) is 0 Å². The second-order valence-electron chi connectivity index (χ2n) is 7.06. The molecule has 0 radical (unpaired) electrons. The number of rotatable bonds is 6. The Morgan fingerprint density at radius 2 is 1.76 bits per heavy atom. The molecular weight excluding hydrogens is 380 g/mol. The van der Waals surface area contributed by atoms with Crippen LogP contribution in [0, 0.1) is 0 Å². The highest BCUT2D eigenvalue weighted by Gasteiger charge is 2.22. The topological polar surface area (TPSA) is 49.3 Å². The van der Waals surface area contributed by atoms with Crippen LogP contribution in [0.4, 0.5) is 0 Å². The van der Waals surface area contributed by atoms with Crippen LogP contribution in [0.15, 0.2) is 78.1 Å². The van der Waals surface area contributed by atoms with Gasteiger partial charge in [-0.05, 0) is 48.0 Å². The van der Waals surface area contributed by atoms with Crippen LogP contribution in [0.25, 0.3) is 0 Å². The van der Waals surface area contributed by atoms with Gasteiger partial charge in [-0.3, -0.25) is 19.7 Å². The number of hydrogen-bond acceptors (Lipinski definition) is 5. The molecule has 4 rings (SSSR count). The predicted molar refractivity (Wildman–Crippen MR) is 116 cm³/mol. The lowest BCUT2D eigenvalue weighted by Gasteiger charge is -2.34. The third kappa shape index (κ3) is 5.43. The van der Waals surface area contributed by atoms with Crippen LogP contribution in [0.5, 0.6) is 0 Å². The minimum Gasteiger partial charge on any atom is -0.336 e. The summed E-state index contributed by atoms with van der Waals surface area (Å²) in [6.45, 7) is 4.10. The maximum Gasteiger partial charge on any atom is 0.253 e. The van der Waals surface area contributed by atoms with E-state index in [0.29, 0.717) is 0 Å². The van der Waals surface area contributed by atoms with Crippen molar-refractivity contribution in [2.75, 3.05) is 26.2 Å². The summed E-state index contributed by atoms with van der Waals surface area (Å²) >= 11 is 1.75. The number of amides is 1. The second kappa shape index (κ2) is 9.67. The molecule has 1 saturated heterocycles. The van der Waals surface area contributed by atoms with Gasteiger partial charge in [0.1, 0.15) is 0 Å². The fourth-order valence-corrected chi connectivity index (χ4v) is 4.19. The van der Waals surface area contributed by atoms with E-state index in [1.165, 1.54) is 5.56 Å². The first kappa shape index (κ1) is 19.6. The third-order valence-corrected chi connectivity index (χ3v) is 6.08. The molecular formula is C23H24N4OS. The monoisotopic (exact) mass is 404 g/mol. The van der Waals surface area contributed by atoms with Gasteiger partial charge >= 0.3 is 0 Å².